The molecule has 0 heterocycles. The van der Waals surface area contributed by atoms with E-state index in [1.165, 1.54) is 16.4 Å². The van der Waals surface area contributed by atoms with Gasteiger partial charge in [-0.05, 0) is 44.5 Å². The summed E-state index contributed by atoms with van der Waals surface area (Å²) < 4.78 is 40.9. The normalized spacial score (nSPS) is 16.8. The standard InChI is InChI=1S/C15H23FN2O2S/c1-11-8-14(9-12(10-17-2)15(11)16)21(19,20)18(3)13-6-4-5-7-13/h8-9,13,17H,4-7,10H2,1-3H3. The van der Waals surface area contributed by atoms with E-state index in [9.17, 15) is 12.8 Å². The van der Waals surface area contributed by atoms with Crippen LogP contribution in [0.15, 0.2) is 17.0 Å². The highest BCUT2D eigenvalue weighted by Crippen LogP contribution is 2.28. The van der Waals surface area contributed by atoms with Crippen LogP contribution >= 0.6 is 0 Å². The molecule has 1 aliphatic rings. The van der Waals surface area contributed by atoms with E-state index in [-0.39, 0.29) is 16.8 Å². The van der Waals surface area contributed by atoms with Gasteiger partial charge in [0.1, 0.15) is 5.82 Å². The minimum atomic E-state index is -3.56. The van der Waals surface area contributed by atoms with Crippen LogP contribution in [0, 0.1) is 12.7 Å². The van der Waals surface area contributed by atoms with E-state index >= 15 is 0 Å². The average molecular weight is 314 g/mol. The molecule has 4 nitrogen and oxygen atoms in total. The van der Waals surface area contributed by atoms with Crippen LogP contribution in [0.5, 0.6) is 0 Å². The summed E-state index contributed by atoms with van der Waals surface area (Å²) in [6.45, 7) is 1.91. The van der Waals surface area contributed by atoms with Crippen LogP contribution in [0.2, 0.25) is 0 Å². The van der Waals surface area contributed by atoms with Crippen molar-refractivity contribution in [3.05, 3.63) is 29.1 Å². The molecule has 0 bridgehead atoms. The third-order valence-corrected chi connectivity index (χ3v) is 6.07. The second-order valence-electron chi connectivity index (χ2n) is 5.70. The van der Waals surface area contributed by atoms with Gasteiger partial charge in [0, 0.05) is 25.2 Å². The van der Waals surface area contributed by atoms with Gasteiger partial charge < -0.3 is 5.32 Å². The Hall–Kier alpha value is -0.980. The van der Waals surface area contributed by atoms with Gasteiger partial charge in [-0.15, -0.1) is 0 Å². The van der Waals surface area contributed by atoms with Gasteiger partial charge in [-0.25, -0.2) is 12.8 Å². The van der Waals surface area contributed by atoms with Gasteiger partial charge in [0.25, 0.3) is 0 Å². The number of nitrogens with zero attached hydrogens (tertiary/aromatic N) is 1. The molecule has 1 aromatic carbocycles. The topological polar surface area (TPSA) is 49.4 Å². The number of halogens is 1. The summed E-state index contributed by atoms with van der Waals surface area (Å²) in [5.74, 6) is -0.341. The molecular formula is C15H23FN2O2S. The fourth-order valence-corrected chi connectivity index (χ4v) is 4.46. The minimum absolute atomic E-state index is 0.0631. The Balaban J connectivity index is 2.39. The smallest absolute Gasteiger partial charge is 0.243 e. The van der Waals surface area contributed by atoms with E-state index in [4.69, 9.17) is 0 Å². The fourth-order valence-electron chi connectivity index (χ4n) is 2.91. The lowest BCUT2D eigenvalue weighted by Gasteiger charge is -2.24. The van der Waals surface area contributed by atoms with E-state index < -0.39 is 10.0 Å². The van der Waals surface area contributed by atoms with Crippen molar-refractivity contribution < 1.29 is 12.8 Å². The van der Waals surface area contributed by atoms with Crippen molar-refractivity contribution in [3.63, 3.8) is 0 Å². The van der Waals surface area contributed by atoms with Crippen molar-refractivity contribution in [2.45, 2.75) is 50.1 Å². The Morgan fingerprint density at radius 3 is 2.52 bits per heavy atom. The molecule has 1 aliphatic carbocycles. The van der Waals surface area contributed by atoms with Crippen LogP contribution in [-0.4, -0.2) is 32.9 Å². The number of sulfonamides is 1. The van der Waals surface area contributed by atoms with E-state index in [0.29, 0.717) is 17.7 Å². The van der Waals surface area contributed by atoms with Crippen molar-refractivity contribution in [2.24, 2.45) is 0 Å². The number of nitrogens with one attached hydrogen (secondary N) is 1. The summed E-state index contributed by atoms with van der Waals surface area (Å²) in [4.78, 5) is 0.182. The summed E-state index contributed by atoms with van der Waals surface area (Å²) in [7, 11) is -0.228. The van der Waals surface area contributed by atoms with Gasteiger partial charge >= 0.3 is 0 Å². The highest BCUT2D eigenvalue weighted by Gasteiger charge is 2.30. The van der Waals surface area contributed by atoms with Crippen LogP contribution in [0.25, 0.3) is 0 Å². The zero-order chi connectivity index (χ0) is 15.6. The highest BCUT2D eigenvalue weighted by atomic mass is 32.2. The lowest BCUT2D eigenvalue weighted by atomic mass is 10.1. The first-order valence-corrected chi connectivity index (χ1v) is 8.73. The zero-order valence-electron chi connectivity index (χ0n) is 12.8. The molecule has 118 valence electrons. The lowest BCUT2D eigenvalue weighted by molar-refractivity contribution is 0.373. The highest BCUT2D eigenvalue weighted by molar-refractivity contribution is 7.89. The molecule has 1 saturated carbocycles. The molecule has 21 heavy (non-hydrogen) atoms. The molecule has 1 N–H and O–H groups in total. The van der Waals surface area contributed by atoms with Gasteiger partial charge in [-0.2, -0.15) is 4.31 Å². The van der Waals surface area contributed by atoms with Crippen molar-refractivity contribution in [1.82, 2.24) is 9.62 Å². The summed E-state index contributed by atoms with van der Waals surface area (Å²) in [6.07, 6.45) is 3.94. The van der Waals surface area contributed by atoms with Crippen molar-refractivity contribution in [1.29, 1.82) is 0 Å². The van der Waals surface area contributed by atoms with Gasteiger partial charge in [-0.3, -0.25) is 0 Å². The van der Waals surface area contributed by atoms with E-state index in [2.05, 4.69) is 5.32 Å². The third kappa shape index (κ3) is 3.27. The number of hydrogen-bond donors (Lipinski definition) is 1. The molecule has 0 unspecified atom stereocenters. The third-order valence-electron chi connectivity index (χ3n) is 4.19. The molecule has 1 aromatic rings. The molecule has 0 saturated heterocycles. The van der Waals surface area contributed by atoms with E-state index in [0.717, 1.165) is 25.7 Å². The average Bonchev–Trinajstić information content (AvgIpc) is 2.96. The Labute approximate surface area is 126 Å². The predicted octanol–water partition coefficient (Wildman–Crippen LogP) is 2.42. The maximum absolute atomic E-state index is 14.0. The van der Waals surface area contributed by atoms with Crippen LogP contribution in [0.3, 0.4) is 0 Å². The predicted molar refractivity (Wildman–Crippen MR) is 81.1 cm³/mol. The fraction of sp³-hybridized carbons (Fsp3) is 0.600. The number of rotatable bonds is 5. The van der Waals surface area contributed by atoms with Crippen LogP contribution < -0.4 is 5.32 Å². The molecule has 0 spiro atoms. The first kappa shape index (κ1) is 16.4. The number of hydrogen-bond acceptors (Lipinski definition) is 3. The minimum Gasteiger partial charge on any atom is -0.316 e. The van der Waals surface area contributed by atoms with Gasteiger partial charge in [0.2, 0.25) is 10.0 Å². The van der Waals surface area contributed by atoms with Crippen LogP contribution in [0.1, 0.15) is 36.8 Å². The number of benzene rings is 1. The quantitative estimate of drug-likeness (QED) is 0.908. The summed E-state index contributed by atoms with van der Waals surface area (Å²) >= 11 is 0. The monoisotopic (exact) mass is 314 g/mol. The summed E-state index contributed by atoms with van der Waals surface area (Å²) in [5.41, 5.74) is 0.747. The van der Waals surface area contributed by atoms with E-state index in [1.807, 2.05) is 0 Å². The van der Waals surface area contributed by atoms with Crippen molar-refractivity contribution in [3.8, 4) is 0 Å². The number of aryl methyl sites for hydroxylation is 1. The zero-order valence-corrected chi connectivity index (χ0v) is 13.6. The largest absolute Gasteiger partial charge is 0.316 e. The summed E-state index contributed by atoms with van der Waals surface area (Å²) in [5, 5.41) is 2.87. The Kier molecular flexibility index (Phi) is 5.01. The van der Waals surface area contributed by atoms with Gasteiger partial charge in [0.05, 0.1) is 4.90 Å². The van der Waals surface area contributed by atoms with E-state index in [1.54, 1.807) is 21.0 Å². The maximum Gasteiger partial charge on any atom is 0.243 e. The van der Waals surface area contributed by atoms with Gasteiger partial charge in [-0.1, -0.05) is 12.8 Å². The second kappa shape index (κ2) is 6.42. The molecule has 0 aliphatic heterocycles. The lowest BCUT2D eigenvalue weighted by Crippen LogP contribution is -2.35. The Morgan fingerprint density at radius 1 is 1.33 bits per heavy atom. The Morgan fingerprint density at radius 2 is 1.95 bits per heavy atom. The summed E-state index contributed by atoms with van der Waals surface area (Å²) in [6, 6.07) is 2.93. The van der Waals surface area contributed by atoms with Crippen LogP contribution in [0.4, 0.5) is 4.39 Å². The van der Waals surface area contributed by atoms with Crippen LogP contribution in [-0.2, 0) is 16.6 Å². The molecule has 0 atom stereocenters. The second-order valence-corrected chi connectivity index (χ2v) is 7.70. The molecule has 0 radical (unpaired) electrons. The molecule has 2 rings (SSSR count). The molecule has 1 fully saturated rings. The van der Waals surface area contributed by atoms with Crippen molar-refractivity contribution in [2.75, 3.05) is 14.1 Å². The molecule has 0 amide bonds. The SMILES string of the molecule is CNCc1cc(S(=O)(=O)N(C)C2CCCC2)cc(C)c1F. The Bertz CT molecular complexity index is 610. The maximum atomic E-state index is 14.0. The molecule has 0 aromatic heterocycles. The first-order valence-electron chi connectivity index (χ1n) is 7.29. The molecule has 6 heteroatoms. The van der Waals surface area contributed by atoms with Crippen molar-refractivity contribution >= 4 is 10.0 Å². The van der Waals surface area contributed by atoms with Gasteiger partial charge in [0.15, 0.2) is 0 Å². The first-order chi connectivity index (χ1) is 9.87. The molecular weight excluding hydrogens is 291 g/mol.